The number of nitrogens with zero attached hydrogens (tertiary/aromatic N) is 2. The number of rotatable bonds is 0. The molecule has 0 amide bonds. The van der Waals surface area contributed by atoms with E-state index in [4.69, 9.17) is 9.40 Å². The molecular weight excluding hydrogens is 320 g/mol. The molecule has 0 aliphatic carbocycles. The van der Waals surface area contributed by atoms with Gasteiger partial charge < -0.3 is 8.82 Å². The molecule has 0 atom stereocenters. The van der Waals surface area contributed by atoms with E-state index in [0.29, 0.717) is 0 Å². The van der Waals surface area contributed by atoms with E-state index >= 15 is 0 Å². The molecule has 3 nitrogen and oxygen atoms in total. The first-order chi connectivity index (χ1) is 12.9. The first kappa shape index (κ1) is 12.7. The van der Waals surface area contributed by atoms with Crippen LogP contribution in [-0.2, 0) is 0 Å². The minimum absolute atomic E-state index is 0.893. The van der Waals surface area contributed by atoms with Gasteiger partial charge in [0.05, 0.1) is 22.8 Å². The molecule has 4 aromatic heterocycles. The lowest BCUT2D eigenvalue weighted by molar-refractivity contribution is 0.618. The summed E-state index contributed by atoms with van der Waals surface area (Å²) in [5.74, 6) is 0. The fourth-order valence-electron chi connectivity index (χ4n) is 4.58. The molecule has 0 saturated carbocycles. The van der Waals surface area contributed by atoms with Crippen molar-refractivity contribution in [3.05, 3.63) is 73.1 Å². The molecular formula is C23H12N2O. The summed E-state index contributed by atoms with van der Waals surface area (Å²) in [7, 11) is 0. The average molecular weight is 332 g/mol. The average Bonchev–Trinajstić information content (AvgIpc) is 3.30. The quantitative estimate of drug-likeness (QED) is 0.247. The molecule has 7 rings (SSSR count). The molecule has 3 aromatic carbocycles. The maximum atomic E-state index is 5.92. The molecule has 0 aliphatic heterocycles. The highest BCUT2D eigenvalue weighted by atomic mass is 16.3. The summed E-state index contributed by atoms with van der Waals surface area (Å²) < 4.78 is 8.26. The predicted octanol–water partition coefficient (Wildman–Crippen LogP) is 6.13. The van der Waals surface area contributed by atoms with E-state index in [-0.39, 0.29) is 0 Å². The second-order valence-corrected chi connectivity index (χ2v) is 6.88. The Morgan fingerprint density at radius 1 is 0.731 bits per heavy atom. The number of hydrogen-bond donors (Lipinski definition) is 0. The van der Waals surface area contributed by atoms with Crippen molar-refractivity contribution < 1.29 is 4.42 Å². The van der Waals surface area contributed by atoms with E-state index in [1.807, 2.05) is 12.3 Å². The van der Waals surface area contributed by atoms with Gasteiger partial charge in [-0.05, 0) is 17.5 Å². The number of furan rings is 1. The fraction of sp³-hybridized carbons (Fsp3) is 0. The van der Waals surface area contributed by atoms with E-state index in [1.165, 1.54) is 38.0 Å². The number of benzene rings is 3. The zero-order valence-corrected chi connectivity index (χ0v) is 13.7. The summed E-state index contributed by atoms with van der Waals surface area (Å²) in [6.45, 7) is 0. The van der Waals surface area contributed by atoms with E-state index in [9.17, 15) is 0 Å². The van der Waals surface area contributed by atoms with Crippen molar-refractivity contribution >= 4 is 60.0 Å². The third kappa shape index (κ3) is 1.28. The van der Waals surface area contributed by atoms with Gasteiger partial charge in [-0.25, -0.2) is 0 Å². The number of aromatic nitrogens is 2. The fourth-order valence-corrected chi connectivity index (χ4v) is 4.58. The molecule has 0 N–H and O–H groups in total. The SMILES string of the molecule is c1cc2ccc3c4ccccc4n4c5c(ncc6ccoc65)c(c1)c2c34. The Hall–Kier alpha value is -3.59. The Bertz CT molecular complexity index is 1630. The van der Waals surface area contributed by atoms with Gasteiger partial charge in [-0.15, -0.1) is 0 Å². The number of hydrogen-bond acceptors (Lipinski definition) is 2. The minimum Gasteiger partial charge on any atom is -0.462 e. The van der Waals surface area contributed by atoms with Crippen LogP contribution >= 0.6 is 0 Å². The van der Waals surface area contributed by atoms with Gasteiger partial charge in [0.2, 0.25) is 0 Å². The predicted molar refractivity (Wildman–Crippen MR) is 106 cm³/mol. The maximum Gasteiger partial charge on any atom is 0.161 e. The van der Waals surface area contributed by atoms with Crippen LogP contribution in [0.1, 0.15) is 0 Å². The monoisotopic (exact) mass is 332 g/mol. The first-order valence-corrected chi connectivity index (χ1v) is 8.74. The molecule has 0 unspecified atom stereocenters. The lowest BCUT2D eigenvalue weighted by Gasteiger charge is -2.12. The first-order valence-electron chi connectivity index (χ1n) is 8.74. The highest BCUT2D eigenvalue weighted by Crippen LogP contribution is 2.42. The molecule has 0 aliphatic rings. The van der Waals surface area contributed by atoms with Crippen molar-refractivity contribution in [2.24, 2.45) is 0 Å². The third-order valence-corrected chi connectivity index (χ3v) is 5.62. The summed E-state index contributed by atoms with van der Waals surface area (Å²) in [5, 5.41) is 7.25. The molecule has 7 aromatic rings. The second-order valence-electron chi connectivity index (χ2n) is 6.88. The zero-order valence-electron chi connectivity index (χ0n) is 13.7. The van der Waals surface area contributed by atoms with E-state index < -0.39 is 0 Å². The van der Waals surface area contributed by atoms with Crippen molar-refractivity contribution in [3.8, 4) is 0 Å². The van der Waals surface area contributed by atoms with Gasteiger partial charge in [-0.1, -0.05) is 48.5 Å². The molecule has 120 valence electrons. The van der Waals surface area contributed by atoms with Crippen LogP contribution in [0, 0.1) is 0 Å². The lowest BCUT2D eigenvalue weighted by Crippen LogP contribution is -1.94. The highest BCUT2D eigenvalue weighted by Gasteiger charge is 2.20. The summed E-state index contributed by atoms with van der Waals surface area (Å²) in [6, 6.07) is 21.5. The molecule has 4 heterocycles. The summed E-state index contributed by atoms with van der Waals surface area (Å²) in [4.78, 5) is 4.84. The van der Waals surface area contributed by atoms with Crippen LogP contribution in [0.5, 0.6) is 0 Å². The van der Waals surface area contributed by atoms with Crippen LogP contribution in [0.4, 0.5) is 0 Å². The number of para-hydroxylation sites is 1. The number of fused-ring (bicyclic) bond motifs is 8. The van der Waals surface area contributed by atoms with Gasteiger partial charge in [0, 0.05) is 33.1 Å². The second kappa shape index (κ2) is 4.14. The molecule has 0 bridgehead atoms. The summed E-state index contributed by atoms with van der Waals surface area (Å²) in [6.07, 6.45) is 3.66. The molecule has 0 spiro atoms. The van der Waals surface area contributed by atoms with E-state index in [2.05, 4.69) is 59.0 Å². The topological polar surface area (TPSA) is 30.4 Å². The van der Waals surface area contributed by atoms with Crippen LogP contribution < -0.4 is 0 Å². The largest absolute Gasteiger partial charge is 0.462 e. The van der Waals surface area contributed by atoms with Crippen LogP contribution in [-0.4, -0.2) is 9.38 Å². The van der Waals surface area contributed by atoms with Crippen molar-refractivity contribution in [1.82, 2.24) is 9.38 Å². The van der Waals surface area contributed by atoms with Gasteiger partial charge in [-0.3, -0.25) is 4.98 Å². The third-order valence-electron chi connectivity index (χ3n) is 5.62. The van der Waals surface area contributed by atoms with E-state index in [0.717, 1.165) is 22.0 Å². The lowest BCUT2D eigenvalue weighted by atomic mass is 10.0. The maximum absolute atomic E-state index is 5.92. The minimum atomic E-state index is 0.893. The highest BCUT2D eigenvalue weighted by molar-refractivity contribution is 6.29. The Labute approximate surface area is 147 Å². The Kier molecular flexibility index (Phi) is 2.03. The van der Waals surface area contributed by atoms with Crippen LogP contribution in [0.15, 0.2) is 77.5 Å². The van der Waals surface area contributed by atoms with Crippen LogP contribution in [0.25, 0.3) is 60.0 Å². The Morgan fingerprint density at radius 2 is 1.65 bits per heavy atom. The summed E-state index contributed by atoms with van der Waals surface area (Å²) in [5.41, 5.74) is 5.36. The van der Waals surface area contributed by atoms with Crippen molar-refractivity contribution in [2.75, 3.05) is 0 Å². The van der Waals surface area contributed by atoms with Crippen LogP contribution in [0.2, 0.25) is 0 Å². The van der Waals surface area contributed by atoms with Gasteiger partial charge >= 0.3 is 0 Å². The standard InChI is InChI=1S/C23H12N2O/c1-2-7-18-15(5-1)16-9-8-13-4-3-6-17-19(13)21(16)25(18)22-20(17)24-12-14-10-11-26-23(14)22/h1-12H. The van der Waals surface area contributed by atoms with E-state index in [1.54, 1.807) is 6.26 Å². The number of pyridine rings is 2. The van der Waals surface area contributed by atoms with Gasteiger partial charge in [0.25, 0.3) is 0 Å². The van der Waals surface area contributed by atoms with Gasteiger partial charge in [0.15, 0.2) is 5.58 Å². The molecule has 26 heavy (non-hydrogen) atoms. The van der Waals surface area contributed by atoms with Crippen molar-refractivity contribution in [3.63, 3.8) is 0 Å². The van der Waals surface area contributed by atoms with Gasteiger partial charge in [0.1, 0.15) is 5.52 Å². The molecule has 0 saturated heterocycles. The van der Waals surface area contributed by atoms with Crippen molar-refractivity contribution in [1.29, 1.82) is 0 Å². The molecule has 3 heteroatoms. The summed E-state index contributed by atoms with van der Waals surface area (Å²) >= 11 is 0. The Balaban J connectivity index is 2.04. The smallest absolute Gasteiger partial charge is 0.161 e. The van der Waals surface area contributed by atoms with Gasteiger partial charge in [-0.2, -0.15) is 0 Å². The Morgan fingerprint density at radius 3 is 2.65 bits per heavy atom. The normalized spacial score (nSPS) is 12.6. The van der Waals surface area contributed by atoms with Crippen LogP contribution in [0.3, 0.4) is 0 Å². The molecule has 0 radical (unpaired) electrons. The molecule has 0 fully saturated rings. The zero-order chi connectivity index (χ0) is 16.8. The van der Waals surface area contributed by atoms with Crippen molar-refractivity contribution in [2.45, 2.75) is 0 Å².